The van der Waals surface area contributed by atoms with Gasteiger partial charge < -0.3 is 5.11 Å². The first kappa shape index (κ1) is 12.6. The van der Waals surface area contributed by atoms with Gasteiger partial charge in [0.1, 0.15) is 5.69 Å². The van der Waals surface area contributed by atoms with Gasteiger partial charge >= 0.3 is 5.97 Å². The van der Waals surface area contributed by atoms with E-state index in [9.17, 15) is 4.79 Å². The number of carboxylic acid groups (broad SMARTS) is 1. The molecule has 2 rings (SSSR count). The second-order valence-corrected chi connectivity index (χ2v) is 4.93. The van der Waals surface area contributed by atoms with Crippen molar-refractivity contribution < 1.29 is 9.90 Å². The van der Waals surface area contributed by atoms with Crippen molar-refractivity contribution in [2.75, 3.05) is 0 Å². The van der Waals surface area contributed by atoms with Gasteiger partial charge in [-0.1, -0.05) is 18.2 Å². The second-order valence-electron chi connectivity index (χ2n) is 3.91. The monoisotopic (exact) mass is 259 g/mol. The molecule has 0 atom stereocenters. The molecule has 1 aromatic carbocycles. The Morgan fingerprint density at radius 2 is 2.11 bits per heavy atom. The van der Waals surface area contributed by atoms with Crippen molar-refractivity contribution in [1.82, 2.24) is 4.98 Å². The zero-order valence-electron chi connectivity index (χ0n) is 9.96. The molecule has 4 heteroatoms. The molecule has 0 amide bonds. The molecule has 0 radical (unpaired) electrons. The van der Waals surface area contributed by atoms with Gasteiger partial charge in [-0.05, 0) is 36.2 Å². The zero-order valence-corrected chi connectivity index (χ0v) is 10.8. The fraction of sp³-hybridized carbons (Fsp3) is 0.143. The number of aromatic carboxylic acids is 1. The minimum atomic E-state index is -0.988. The lowest BCUT2D eigenvalue weighted by molar-refractivity contribution is 0.0690. The van der Waals surface area contributed by atoms with Gasteiger partial charge in [0.25, 0.3) is 0 Å². The van der Waals surface area contributed by atoms with Crippen molar-refractivity contribution in [3.63, 3.8) is 0 Å². The molecule has 0 spiro atoms. The number of carbonyl (C=O) groups is 1. The van der Waals surface area contributed by atoms with Gasteiger partial charge in [-0.3, -0.25) is 0 Å². The van der Waals surface area contributed by atoms with Crippen LogP contribution in [0.1, 0.15) is 21.6 Å². The Kier molecular flexibility index (Phi) is 3.99. The highest BCUT2D eigenvalue weighted by Gasteiger charge is 2.05. The first-order valence-electron chi connectivity index (χ1n) is 5.53. The molecule has 18 heavy (non-hydrogen) atoms. The van der Waals surface area contributed by atoms with Crippen molar-refractivity contribution in [2.24, 2.45) is 0 Å². The number of aromatic nitrogens is 1. The summed E-state index contributed by atoms with van der Waals surface area (Å²) in [6.45, 7) is 2.07. The third-order valence-electron chi connectivity index (χ3n) is 2.53. The molecule has 0 aliphatic heterocycles. The number of carboxylic acids is 1. The zero-order chi connectivity index (χ0) is 13.0. The van der Waals surface area contributed by atoms with E-state index in [1.54, 1.807) is 17.8 Å². The predicted molar refractivity (Wildman–Crippen MR) is 71.9 cm³/mol. The molecule has 0 aliphatic rings. The first-order chi connectivity index (χ1) is 8.66. The van der Waals surface area contributed by atoms with E-state index in [1.807, 2.05) is 18.2 Å². The van der Waals surface area contributed by atoms with Crippen molar-refractivity contribution in [3.8, 4) is 0 Å². The van der Waals surface area contributed by atoms with Gasteiger partial charge in [-0.2, -0.15) is 0 Å². The Morgan fingerprint density at radius 3 is 2.83 bits per heavy atom. The summed E-state index contributed by atoms with van der Waals surface area (Å²) in [5.74, 6) is -0.244. The van der Waals surface area contributed by atoms with Crippen LogP contribution in [0.5, 0.6) is 0 Å². The number of nitrogens with zero attached hydrogens (tertiary/aromatic N) is 1. The SMILES string of the molecule is Cc1ccccc1SCc1ccnc(C(=O)O)c1. The molecule has 1 aromatic heterocycles. The van der Waals surface area contributed by atoms with E-state index in [2.05, 4.69) is 24.0 Å². The van der Waals surface area contributed by atoms with Crippen LogP contribution in [0, 0.1) is 6.92 Å². The maximum absolute atomic E-state index is 10.8. The summed E-state index contributed by atoms with van der Waals surface area (Å²) in [6, 6.07) is 11.6. The van der Waals surface area contributed by atoms with Gasteiger partial charge in [0.15, 0.2) is 0 Å². The van der Waals surface area contributed by atoms with E-state index < -0.39 is 5.97 Å². The molecule has 2 aromatic rings. The first-order valence-corrected chi connectivity index (χ1v) is 6.52. The highest BCUT2D eigenvalue weighted by molar-refractivity contribution is 7.98. The molecular formula is C14H13NO2S. The van der Waals surface area contributed by atoms with E-state index in [-0.39, 0.29) is 5.69 Å². The van der Waals surface area contributed by atoms with Crippen molar-refractivity contribution >= 4 is 17.7 Å². The van der Waals surface area contributed by atoms with E-state index >= 15 is 0 Å². The lowest BCUT2D eigenvalue weighted by Gasteiger charge is -2.05. The van der Waals surface area contributed by atoms with Crippen LogP contribution >= 0.6 is 11.8 Å². The highest BCUT2D eigenvalue weighted by atomic mass is 32.2. The van der Waals surface area contributed by atoms with Gasteiger partial charge in [0.2, 0.25) is 0 Å². The van der Waals surface area contributed by atoms with Crippen LogP contribution < -0.4 is 0 Å². The minimum absolute atomic E-state index is 0.0953. The van der Waals surface area contributed by atoms with E-state index in [4.69, 9.17) is 5.11 Å². The summed E-state index contributed by atoms with van der Waals surface area (Å²) in [5.41, 5.74) is 2.29. The number of rotatable bonds is 4. The Bertz CT molecular complexity index is 569. The molecular weight excluding hydrogens is 246 g/mol. The summed E-state index contributed by atoms with van der Waals surface area (Å²) in [4.78, 5) is 15.8. The summed E-state index contributed by atoms with van der Waals surface area (Å²) < 4.78 is 0. The summed E-state index contributed by atoms with van der Waals surface area (Å²) in [5, 5.41) is 8.87. The van der Waals surface area contributed by atoms with Crippen LogP contribution in [0.3, 0.4) is 0 Å². The third kappa shape index (κ3) is 3.11. The minimum Gasteiger partial charge on any atom is -0.477 e. The number of pyridine rings is 1. The summed E-state index contributed by atoms with van der Waals surface area (Å²) in [6.07, 6.45) is 1.54. The van der Waals surface area contributed by atoms with E-state index in [0.29, 0.717) is 0 Å². The van der Waals surface area contributed by atoms with Crippen LogP contribution in [-0.2, 0) is 5.75 Å². The molecule has 0 unspecified atom stereocenters. The molecule has 0 saturated carbocycles. The number of hydrogen-bond acceptors (Lipinski definition) is 3. The van der Waals surface area contributed by atoms with Gasteiger partial charge in [0, 0.05) is 16.8 Å². The van der Waals surface area contributed by atoms with Gasteiger partial charge in [-0.15, -0.1) is 11.8 Å². The lowest BCUT2D eigenvalue weighted by Crippen LogP contribution is -2.00. The van der Waals surface area contributed by atoms with Crippen LogP contribution in [0.15, 0.2) is 47.5 Å². The molecule has 92 valence electrons. The normalized spacial score (nSPS) is 10.3. The molecule has 1 heterocycles. The number of hydrogen-bond donors (Lipinski definition) is 1. The molecule has 0 bridgehead atoms. The molecule has 3 nitrogen and oxygen atoms in total. The molecule has 0 aliphatic carbocycles. The Balaban J connectivity index is 2.09. The summed E-state index contributed by atoms with van der Waals surface area (Å²) in [7, 11) is 0. The summed E-state index contributed by atoms with van der Waals surface area (Å²) >= 11 is 1.70. The van der Waals surface area contributed by atoms with Crippen molar-refractivity contribution in [3.05, 3.63) is 59.4 Å². The predicted octanol–water partition coefficient (Wildman–Crippen LogP) is 3.38. The highest BCUT2D eigenvalue weighted by Crippen LogP contribution is 2.25. The second kappa shape index (κ2) is 5.69. The number of aryl methyl sites for hydroxylation is 1. The van der Waals surface area contributed by atoms with E-state index in [0.717, 1.165) is 11.3 Å². The molecule has 1 N–H and O–H groups in total. The Labute approximate surface area is 110 Å². The average Bonchev–Trinajstić information content (AvgIpc) is 2.38. The van der Waals surface area contributed by atoms with Gasteiger partial charge in [-0.25, -0.2) is 9.78 Å². The van der Waals surface area contributed by atoms with Crippen LogP contribution in [0.4, 0.5) is 0 Å². The standard InChI is InChI=1S/C14H13NO2S/c1-10-4-2-3-5-13(10)18-9-11-6-7-15-12(8-11)14(16)17/h2-8H,9H2,1H3,(H,16,17). The Hall–Kier alpha value is -1.81. The molecule has 0 fully saturated rings. The topological polar surface area (TPSA) is 50.2 Å². The van der Waals surface area contributed by atoms with Crippen LogP contribution in [-0.4, -0.2) is 16.1 Å². The lowest BCUT2D eigenvalue weighted by atomic mass is 10.2. The molecule has 0 saturated heterocycles. The largest absolute Gasteiger partial charge is 0.477 e. The third-order valence-corrected chi connectivity index (χ3v) is 3.78. The maximum atomic E-state index is 10.8. The average molecular weight is 259 g/mol. The maximum Gasteiger partial charge on any atom is 0.354 e. The fourth-order valence-corrected chi connectivity index (χ4v) is 2.53. The number of benzene rings is 1. The van der Waals surface area contributed by atoms with Crippen molar-refractivity contribution in [1.29, 1.82) is 0 Å². The van der Waals surface area contributed by atoms with Crippen LogP contribution in [0.25, 0.3) is 0 Å². The van der Waals surface area contributed by atoms with Crippen LogP contribution in [0.2, 0.25) is 0 Å². The van der Waals surface area contributed by atoms with Crippen molar-refractivity contribution in [2.45, 2.75) is 17.6 Å². The Morgan fingerprint density at radius 1 is 1.33 bits per heavy atom. The fourth-order valence-electron chi connectivity index (χ4n) is 1.56. The quantitative estimate of drug-likeness (QED) is 0.855. The smallest absolute Gasteiger partial charge is 0.354 e. The van der Waals surface area contributed by atoms with E-state index in [1.165, 1.54) is 16.7 Å². The van der Waals surface area contributed by atoms with Gasteiger partial charge in [0.05, 0.1) is 0 Å². The number of thioether (sulfide) groups is 1.